The van der Waals surface area contributed by atoms with Gasteiger partial charge in [0.05, 0.1) is 17.9 Å². The van der Waals surface area contributed by atoms with Crippen LogP contribution in [0.5, 0.6) is 0 Å². The molecule has 3 N–H and O–H groups in total. The molecule has 0 bridgehead atoms. The van der Waals surface area contributed by atoms with Crippen molar-refractivity contribution in [2.75, 3.05) is 0 Å². The van der Waals surface area contributed by atoms with Gasteiger partial charge < -0.3 is 10.7 Å². The minimum atomic E-state index is -0.235. The van der Waals surface area contributed by atoms with E-state index in [2.05, 4.69) is 16.9 Å². The summed E-state index contributed by atoms with van der Waals surface area (Å²) >= 11 is 0. The van der Waals surface area contributed by atoms with Gasteiger partial charge in [0.15, 0.2) is 0 Å². The van der Waals surface area contributed by atoms with Gasteiger partial charge in [0.1, 0.15) is 11.6 Å². The zero-order valence-corrected chi connectivity index (χ0v) is 11.9. The zero-order valence-electron chi connectivity index (χ0n) is 11.9. The Hall–Kier alpha value is -1.68. The maximum atomic E-state index is 12.9. The van der Waals surface area contributed by atoms with Crippen molar-refractivity contribution in [2.24, 2.45) is 5.73 Å². The zero-order chi connectivity index (χ0) is 14.4. The second kappa shape index (κ2) is 7.20. The molecule has 3 nitrogen and oxygen atoms in total. The molecule has 0 saturated carbocycles. The Morgan fingerprint density at radius 2 is 1.95 bits per heavy atom. The summed E-state index contributed by atoms with van der Waals surface area (Å²) in [6.45, 7) is 2.20. The number of nitrogens with two attached hydrogens (primary N) is 1. The van der Waals surface area contributed by atoms with Gasteiger partial charge in [-0.15, -0.1) is 0 Å². The molecule has 1 aromatic carbocycles. The van der Waals surface area contributed by atoms with Crippen molar-refractivity contribution in [1.82, 2.24) is 9.97 Å². The van der Waals surface area contributed by atoms with Crippen molar-refractivity contribution in [3.05, 3.63) is 42.1 Å². The molecule has 0 aliphatic carbocycles. The average Bonchev–Trinajstić information content (AvgIpc) is 2.94. The molecule has 2 aromatic rings. The van der Waals surface area contributed by atoms with Gasteiger partial charge in [0.25, 0.3) is 0 Å². The van der Waals surface area contributed by atoms with E-state index >= 15 is 0 Å². The van der Waals surface area contributed by atoms with E-state index < -0.39 is 0 Å². The number of hydrogen-bond donors (Lipinski definition) is 2. The lowest BCUT2D eigenvalue weighted by molar-refractivity contribution is 0.550. The first-order valence-corrected chi connectivity index (χ1v) is 7.27. The maximum Gasteiger partial charge on any atom is 0.123 e. The van der Waals surface area contributed by atoms with E-state index in [9.17, 15) is 4.39 Å². The van der Waals surface area contributed by atoms with Crippen molar-refractivity contribution in [3.8, 4) is 11.3 Å². The van der Waals surface area contributed by atoms with Crippen LogP contribution in [0.4, 0.5) is 4.39 Å². The number of aromatic amines is 1. The van der Waals surface area contributed by atoms with Crippen LogP contribution in [0.3, 0.4) is 0 Å². The molecule has 0 saturated heterocycles. The number of rotatable bonds is 7. The van der Waals surface area contributed by atoms with Gasteiger partial charge >= 0.3 is 0 Å². The normalized spacial score (nSPS) is 12.6. The molecule has 0 fully saturated rings. The summed E-state index contributed by atoms with van der Waals surface area (Å²) in [6, 6.07) is 6.31. The van der Waals surface area contributed by atoms with Gasteiger partial charge in [0, 0.05) is 0 Å². The Bertz CT molecular complexity index is 519. The fraction of sp³-hybridized carbons (Fsp3) is 0.438. The van der Waals surface area contributed by atoms with E-state index in [-0.39, 0.29) is 11.9 Å². The molecule has 0 spiro atoms. The number of nitrogens with one attached hydrogen (secondary N) is 1. The first-order valence-electron chi connectivity index (χ1n) is 7.27. The number of benzene rings is 1. The van der Waals surface area contributed by atoms with Crippen LogP contribution in [0, 0.1) is 5.82 Å². The SMILES string of the molecule is CCCCCCC(N)c1ncc(-c2ccc(F)cc2)[nH]1. The van der Waals surface area contributed by atoms with E-state index in [0.717, 1.165) is 29.9 Å². The molecule has 20 heavy (non-hydrogen) atoms. The smallest absolute Gasteiger partial charge is 0.123 e. The summed E-state index contributed by atoms with van der Waals surface area (Å²) in [7, 11) is 0. The third-order valence-electron chi connectivity index (χ3n) is 3.47. The van der Waals surface area contributed by atoms with E-state index in [1.807, 2.05) is 0 Å². The highest BCUT2D eigenvalue weighted by Gasteiger charge is 2.10. The third kappa shape index (κ3) is 3.90. The van der Waals surface area contributed by atoms with E-state index in [4.69, 9.17) is 5.73 Å². The highest BCUT2D eigenvalue weighted by atomic mass is 19.1. The van der Waals surface area contributed by atoms with Crippen LogP contribution in [0.25, 0.3) is 11.3 Å². The average molecular weight is 275 g/mol. The molecule has 2 rings (SSSR count). The Morgan fingerprint density at radius 1 is 1.20 bits per heavy atom. The van der Waals surface area contributed by atoms with Gasteiger partial charge in [-0.3, -0.25) is 0 Å². The number of imidazole rings is 1. The summed E-state index contributed by atoms with van der Waals surface area (Å²) in [5.41, 5.74) is 7.94. The summed E-state index contributed by atoms with van der Waals surface area (Å²) in [5, 5.41) is 0. The van der Waals surface area contributed by atoms with Crippen molar-refractivity contribution < 1.29 is 4.39 Å². The van der Waals surface area contributed by atoms with E-state index in [1.54, 1.807) is 18.3 Å². The molecule has 0 radical (unpaired) electrons. The number of aromatic nitrogens is 2. The van der Waals surface area contributed by atoms with Gasteiger partial charge in [-0.1, -0.05) is 32.6 Å². The Labute approximate surface area is 119 Å². The van der Waals surface area contributed by atoms with Gasteiger partial charge in [-0.25, -0.2) is 9.37 Å². The molecule has 108 valence electrons. The van der Waals surface area contributed by atoms with Crippen molar-refractivity contribution in [2.45, 2.75) is 45.1 Å². The molecule has 4 heteroatoms. The van der Waals surface area contributed by atoms with Crippen LogP contribution in [-0.4, -0.2) is 9.97 Å². The molecular weight excluding hydrogens is 253 g/mol. The van der Waals surface area contributed by atoms with Crippen LogP contribution in [-0.2, 0) is 0 Å². The lowest BCUT2D eigenvalue weighted by Crippen LogP contribution is -2.11. The number of halogens is 1. The summed E-state index contributed by atoms with van der Waals surface area (Å²) < 4.78 is 12.9. The second-order valence-corrected chi connectivity index (χ2v) is 5.14. The quantitative estimate of drug-likeness (QED) is 0.744. The molecular formula is C16H22FN3. The van der Waals surface area contributed by atoms with E-state index in [1.165, 1.54) is 31.4 Å². The summed E-state index contributed by atoms with van der Waals surface area (Å²) in [6.07, 6.45) is 7.53. The largest absolute Gasteiger partial charge is 0.341 e. The van der Waals surface area contributed by atoms with Crippen LogP contribution < -0.4 is 5.73 Å². The molecule has 1 unspecified atom stereocenters. The molecule has 0 aliphatic heterocycles. The fourth-order valence-electron chi connectivity index (χ4n) is 2.23. The predicted molar refractivity (Wildman–Crippen MR) is 79.7 cm³/mol. The molecule has 1 heterocycles. The fourth-order valence-corrected chi connectivity index (χ4v) is 2.23. The van der Waals surface area contributed by atoms with Crippen LogP contribution >= 0.6 is 0 Å². The van der Waals surface area contributed by atoms with Crippen LogP contribution in [0.1, 0.15) is 50.9 Å². The first kappa shape index (κ1) is 14.7. The van der Waals surface area contributed by atoms with Crippen molar-refractivity contribution in [3.63, 3.8) is 0 Å². The number of H-pyrrole nitrogens is 1. The van der Waals surface area contributed by atoms with Crippen LogP contribution in [0.2, 0.25) is 0 Å². The van der Waals surface area contributed by atoms with Gasteiger partial charge in [-0.05, 0) is 36.2 Å². The van der Waals surface area contributed by atoms with Crippen molar-refractivity contribution >= 4 is 0 Å². The highest BCUT2D eigenvalue weighted by Crippen LogP contribution is 2.21. The van der Waals surface area contributed by atoms with E-state index in [0.29, 0.717) is 0 Å². The van der Waals surface area contributed by atoms with Crippen LogP contribution in [0.15, 0.2) is 30.5 Å². The monoisotopic (exact) mass is 275 g/mol. The van der Waals surface area contributed by atoms with Gasteiger partial charge in [0.2, 0.25) is 0 Å². The minimum Gasteiger partial charge on any atom is -0.341 e. The Balaban J connectivity index is 1.96. The summed E-state index contributed by atoms with van der Waals surface area (Å²) in [5.74, 6) is 0.571. The van der Waals surface area contributed by atoms with Crippen molar-refractivity contribution in [1.29, 1.82) is 0 Å². The predicted octanol–water partition coefficient (Wildman–Crippen LogP) is 4.19. The standard InChI is InChI=1S/C16H22FN3/c1-2-3-4-5-6-14(18)16-19-11-15(20-16)12-7-9-13(17)10-8-12/h7-11,14H,2-6,18H2,1H3,(H,19,20). The first-order chi connectivity index (χ1) is 9.70. The topological polar surface area (TPSA) is 54.7 Å². The number of nitrogens with zero attached hydrogens (tertiary/aromatic N) is 1. The number of unbranched alkanes of at least 4 members (excludes halogenated alkanes) is 3. The minimum absolute atomic E-state index is 0.0546. The Morgan fingerprint density at radius 3 is 2.65 bits per heavy atom. The lowest BCUT2D eigenvalue weighted by atomic mass is 10.1. The van der Waals surface area contributed by atoms with Gasteiger partial charge in [-0.2, -0.15) is 0 Å². The molecule has 0 amide bonds. The molecule has 1 aromatic heterocycles. The highest BCUT2D eigenvalue weighted by molar-refractivity contribution is 5.58. The second-order valence-electron chi connectivity index (χ2n) is 5.14. The number of hydrogen-bond acceptors (Lipinski definition) is 2. The summed E-state index contributed by atoms with van der Waals surface area (Å²) in [4.78, 5) is 7.57. The Kier molecular flexibility index (Phi) is 5.30. The third-order valence-corrected chi connectivity index (χ3v) is 3.47. The maximum absolute atomic E-state index is 12.9. The molecule has 0 aliphatic rings. The lowest BCUT2D eigenvalue weighted by Gasteiger charge is -2.08. The molecule has 1 atom stereocenters.